The maximum Gasteiger partial charge on any atom is 0.254 e. The molecule has 1 aliphatic rings. The summed E-state index contributed by atoms with van der Waals surface area (Å²) in [6.07, 6.45) is -0.172. The number of aromatic amines is 1. The topological polar surface area (TPSA) is 116 Å². The smallest absolute Gasteiger partial charge is 0.254 e. The van der Waals surface area contributed by atoms with Crippen LogP contribution < -0.4 is 16.0 Å². The molecule has 2 aromatic carbocycles. The first kappa shape index (κ1) is 19.6. The molecule has 0 radical (unpaired) electrons. The van der Waals surface area contributed by atoms with Gasteiger partial charge in [0.1, 0.15) is 11.9 Å². The molecule has 0 saturated heterocycles. The summed E-state index contributed by atoms with van der Waals surface area (Å²) in [4.78, 5) is 45.6. The van der Waals surface area contributed by atoms with E-state index in [0.717, 1.165) is 11.0 Å². The fraction of sp³-hybridized carbons (Fsp3) is 0.273. The van der Waals surface area contributed by atoms with E-state index in [1.165, 1.54) is 0 Å². The number of nitrogens with one attached hydrogen (secondary N) is 4. The number of hydrogen-bond donors (Lipinski definition) is 4. The van der Waals surface area contributed by atoms with Crippen LogP contribution in [-0.2, 0) is 9.59 Å². The molecular weight excluding hydrogens is 382 g/mol. The van der Waals surface area contributed by atoms with Gasteiger partial charge in [0.05, 0.1) is 34.7 Å². The third-order valence-corrected chi connectivity index (χ3v) is 5.13. The standard InChI is InChI=1S/C22H23N5O3/c1-12(2)19(20-23-15-9-5-6-10-16(15)24-20)27-18(28)11-17-22(30)25-14-8-4-3-7-13(14)21(29)26-17/h3-10,12,17,19H,11H2,1-2H3,(H,23,24)(H,25,30)(H,26,29)(H,27,28)/t17-,19+/m1/s1. The van der Waals surface area contributed by atoms with Crippen LogP contribution in [0.2, 0.25) is 0 Å². The molecule has 4 N–H and O–H groups in total. The minimum atomic E-state index is -0.964. The van der Waals surface area contributed by atoms with Gasteiger partial charge >= 0.3 is 0 Å². The van der Waals surface area contributed by atoms with Crippen LogP contribution in [0.3, 0.4) is 0 Å². The Morgan fingerprint density at radius 3 is 2.60 bits per heavy atom. The molecule has 1 aliphatic heterocycles. The van der Waals surface area contributed by atoms with Gasteiger partial charge in [0.15, 0.2) is 0 Å². The van der Waals surface area contributed by atoms with Crippen molar-refractivity contribution in [3.05, 3.63) is 59.9 Å². The van der Waals surface area contributed by atoms with E-state index in [-0.39, 0.29) is 30.2 Å². The molecule has 8 nitrogen and oxygen atoms in total. The number of aromatic nitrogens is 2. The number of nitrogens with zero attached hydrogens (tertiary/aromatic N) is 1. The second-order valence-electron chi connectivity index (χ2n) is 7.69. The molecule has 8 heteroatoms. The summed E-state index contributed by atoms with van der Waals surface area (Å²) >= 11 is 0. The summed E-state index contributed by atoms with van der Waals surface area (Å²) < 4.78 is 0. The van der Waals surface area contributed by atoms with Gasteiger partial charge in [-0.15, -0.1) is 0 Å². The van der Waals surface area contributed by atoms with Crippen LogP contribution in [0.4, 0.5) is 5.69 Å². The van der Waals surface area contributed by atoms with Crippen molar-refractivity contribution in [2.24, 2.45) is 5.92 Å². The van der Waals surface area contributed by atoms with Crippen molar-refractivity contribution in [2.45, 2.75) is 32.4 Å². The van der Waals surface area contributed by atoms with E-state index in [0.29, 0.717) is 17.1 Å². The zero-order chi connectivity index (χ0) is 21.3. The lowest BCUT2D eigenvalue weighted by atomic mass is 10.0. The normalized spacial score (nSPS) is 17.1. The third kappa shape index (κ3) is 3.89. The van der Waals surface area contributed by atoms with Gasteiger partial charge in [-0.25, -0.2) is 4.98 Å². The summed E-state index contributed by atoms with van der Waals surface area (Å²) in [7, 11) is 0. The molecule has 0 saturated carbocycles. The predicted octanol–water partition coefficient (Wildman–Crippen LogP) is 2.52. The van der Waals surface area contributed by atoms with Gasteiger partial charge in [-0.3, -0.25) is 14.4 Å². The molecule has 0 spiro atoms. The number of para-hydroxylation sites is 3. The lowest BCUT2D eigenvalue weighted by molar-refractivity contribution is -0.126. The molecule has 0 unspecified atom stereocenters. The van der Waals surface area contributed by atoms with E-state index < -0.39 is 11.9 Å². The number of H-pyrrole nitrogens is 1. The largest absolute Gasteiger partial charge is 0.346 e. The number of imidazole rings is 1. The molecule has 3 aromatic rings. The first-order chi connectivity index (χ1) is 14.4. The Hall–Kier alpha value is -3.68. The predicted molar refractivity (Wildman–Crippen MR) is 113 cm³/mol. The summed E-state index contributed by atoms with van der Waals surface area (Å²) in [5.41, 5.74) is 2.52. The van der Waals surface area contributed by atoms with Gasteiger partial charge in [0, 0.05) is 0 Å². The van der Waals surface area contributed by atoms with Crippen LogP contribution in [0.25, 0.3) is 11.0 Å². The zero-order valence-corrected chi connectivity index (χ0v) is 16.7. The van der Waals surface area contributed by atoms with E-state index in [2.05, 4.69) is 25.9 Å². The maximum atomic E-state index is 12.8. The number of amides is 3. The summed E-state index contributed by atoms with van der Waals surface area (Å²) in [5.74, 6) is -0.439. The molecule has 0 bridgehead atoms. The molecule has 0 fully saturated rings. The van der Waals surface area contributed by atoms with Crippen LogP contribution in [0.15, 0.2) is 48.5 Å². The van der Waals surface area contributed by atoms with Crippen molar-refractivity contribution in [1.82, 2.24) is 20.6 Å². The third-order valence-electron chi connectivity index (χ3n) is 5.13. The Morgan fingerprint density at radius 1 is 1.10 bits per heavy atom. The van der Waals surface area contributed by atoms with E-state index in [1.807, 2.05) is 38.1 Å². The molecular formula is C22H23N5O3. The minimum Gasteiger partial charge on any atom is -0.346 e. The monoisotopic (exact) mass is 405 g/mol. The number of hydrogen-bond acceptors (Lipinski definition) is 4. The number of carbonyl (C=O) groups excluding carboxylic acids is 3. The van der Waals surface area contributed by atoms with Crippen molar-refractivity contribution >= 4 is 34.4 Å². The summed E-state index contributed by atoms with van der Waals surface area (Å²) in [6.45, 7) is 3.96. The van der Waals surface area contributed by atoms with E-state index in [9.17, 15) is 14.4 Å². The molecule has 3 amide bonds. The molecule has 2 atom stereocenters. The SMILES string of the molecule is CC(C)[C@H](NC(=O)C[C@H]1NC(=O)c2ccccc2NC1=O)c1nc2ccccc2[nH]1. The highest BCUT2D eigenvalue weighted by molar-refractivity contribution is 6.10. The van der Waals surface area contributed by atoms with E-state index in [1.54, 1.807) is 24.3 Å². The average Bonchev–Trinajstić information content (AvgIpc) is 3.10. The van der Waals surface area contributed by atoms with Gasteiger partial charge < -0.3 is 20.9 Å². The first-order valence-electron chi connectivity index (χ1n) is 9.87. The number of carbonyl (C=O) groups is 3. The fourth-order valence-electron chi connectivity index (χ4n) is 3.54. The van der Waals surface area contributed by atoms with Gasteiger partial charge in [-0.05, 0) is 30.2 Å². The van der Waals surface area contributed by atoms with Crippen LogP contribution in [0.1, 0.15) is 42.5 Å². The molecule has 30 heavy (non-hydrogen) atoms. The first-order valence-corrected chi connectivity index (χ1v) is 9.87. The highest BCUT2D eigenvalue weighted by atomic mass is 16.2. The van der Waals surface area contributed by atoms with Crippen molar-refractivity contribution < 1.29 is 14.4 Å². The van der Waals surface area contributed by atoms with Crippen molar-refractivity contribution in [2.75, 3.05) is 5.32 Å². The van der Waals surface area contributed by atoms with Crippen LogP contribution >= 0.6 is 0 Å². The number of fused-ring (bicyclic) bond motifs is 2. The zero-order valence-electron chi connectivity index (χ0n) is 16.7. The van der Waals surface area contributed by atoms with Crippen molar-refractivity contribution in [3.63, 3.8) is 0 Å². The highest BCUT2D eigenvalue weighted by Gasteiger charge is 2.31. The van der Waals surface area contributed by atoms with E-state index >= 15 is 0 Å². The second-order valence-corrected chi connectivity index (χ2v) is 7.69. The Morgan fingerprint density at radius 2 is 1.83 bits per heavy atom. The Labute approximate surface area is 173 Å². The minimum absolute atomic E-state index is 0.0660. The quantitative estimate of drug-likeness (QED) is 0.522. The number of anilines is 1. The van der Waals surface area contributed by atoms with Gasteiger partial charge in [0.2, 0.25) is 11.8 Å². The molecule has 4 rings (SSSR count). The van der Waals surface area contributed by atoms with Crippen LogP contribution in [0.5, 0.6) is 0 Å². The van der Waals surface area contributed by atoms with Gasteiger partial charge in [-0.2, -0.15) is 0 Å². The lowest BCUT2D eigenvalue weighted by Crippen LogP contribution is -2.45. The van der Waals surface area contributed by atoms with Crippen LogP contribution in [-0.4, -0.2) is 33.7 Å². The molecule has 154 valence electrons. The summed E-state index contributed by atoms with van der Waals surface area (Å²) in [5, 5.41) is 8.31. The Balaban J connectivity index is 1.48. The molecule has 2 heterocycles. The van der Waals surface area contributed by atoms with Crippen molar-refractivity contribution in [1.29, 1.82) is 0 Å². The van der Waals surface area contributed by atoms with Gasteiger partial charge in [-0.1, -0.05) is 38.1 Å². The Bertz CT molecular complexity index is 1090. The maximum absolute atomic E-state index is 12.8. The lowest BCUT2D eigenvalue weighted by Gasteiger charge is -2.22. The van der Waals surface area contributed by atoms with E-state index in [4.69, 9.17) is 0 Å². The van der Waals surface area contributed by atoms with Gasteiger partial charge in [0.25, 0.3) is 5.91 Å². The molecule has 1 aromatic heterocycles. The fourth-order valence-corrected chi connectivity index (χ4v) is 3.54. The molecule has 0 aliphatic carbocycles. The Kier molecular flexibility index (Phi) is 5.22. The number of rotatable bonds is 5. The number of benzene rings is 2. The van der Waals surface area contributed by atoms with Crippen LogP contribution in [0, 0.1) is 5.92 Å². The summed E-state index contributed by atoms with van der Waals surface area (Å²) in [6, 6.07) is 13.1. The van der Waals surface area contributed by atoms with Crippen molar-refractivity contribution in [3.8, 4) is 0 Å². The second kappa shape index (κ2) is 7.98. The highest BCUT2D eigenvalue weighted by Crippen LogP contribution is 2.23. The average molecular weight is 405 g/mol.